The second-order valence-electron chi connectivity index (χ2n) is 9.08. The van der Waals surface area contributed by atoms with Crippen LogP contribution in [0.1, 0.15) is 11.1 Å². The van der Waals surface area contributed by atoms with Crippen LogP contribution in [-0.2, 0) is 20.9 Å². The maximum atomic E-state index is 13.2. The number of amides is 5. The lowest BCUT2D eigenvalue weighted by Crippen LogP contribution is -2.38. The van der Waals surface area contributed by atoms with Crippen LogP contribution in [0.2, 0.25) is 0 Å². The Morgan fingerprint density at radius 2 is 1.62 bits per heavy atom. The van der Waals surface area contributed by atoms with E-state index in [2.05, 4.69) is 16.0 Å². The number of nitrogens with zero attached hydrogens (tertiary/aromatic N) is 2. The summed E-state index contributed by atoms with van der Waals surface area (Å²) in [5.41, 5.74) is 3.35. The van der Waals surface area contributed by atoms with Crippen molar-refractivity contribution >= 4 is 52.1 Å². The summed E-state index contributed by atoms with van der Waals surface area (Å²) in [6, 6.07) is 19.3. The number of aryl methyl sites for hydroxylation is 1. The van der Waals surface area contributed by atoms with E-state index in [9.17, 15) is 23.6 Å². The van der Waals surface area contributed by atoms with Crippen molar-refractivity contribution in [1.29, 1.82) is 0 Å². The van der Waals surface area contributed by atoms with E-state index in [-0.39, 0.29) is 18.1 Å². The molecule has 0 unspecified atom stereocenters. The quantitative estimate of drug-likeness (QED) is 0.247. The number of nitrogens with one attached hydrogen (secondary N) is 3. The normalized spacial score (nSPS) is 14.1. The highest BCUT2D eigenvalue weighted by atomic mass is 19.1. The minimum atomic E-state index is -0.701. The SMILES string of the molecule is Cc1cccc(NC(=O)CN2C(=O)N/C(=C/c3cn(CC(=O)Nc4ccc(F)cc4)c4ccccc34)C2=O)c1. The first-order chi connectivity index (χ1) is 18.8. The second-order valence-corrected chi connectivity index (χ2v) is 9.08. The molecule has 196 valence electrons. The van der Waals surface area contributed by atoms with Crippen molar-refractivity contribution in [1.82, 2.24) is 14.8 Å². The Morgan fingerprint density at radius 3 is 2.38 bits per heavy atom. The Kier molecular flexibility index (Phi) is 6.92. The summed E-state index contributed by atoms with van der Waals surface area (Å²) in [5.74, 6) is -1.86. The number of halogens is 1. The highest BCUT2D eigenvalue weighted by Crippen LogP contribution is 2.25. The number of rotatable bonds is 7. The molecule has 9 nitrogen and oxygen atoms in total. The van der Waals surface area contributed by atoms with Crippen molar-refractivity contribution in [2.75, 3.05) is 17.2 Å². The molecule has 1 fully saturated rings. The molecular formula is C29H24FN5O4. The molecule has 0 bridgehead atoms. The number of benzene rings is 3. The van der Waals surface area contributed by atoms with Crippen LogP contribution in [0.3, 0.4) is 0 Å². The van der Waals surface area contributed by atoms with E-state index >= 15 is 0 Å². The Labute approximate surface area is 222 Å². The number of fused-ring (bicyclic) bond motifs is 1. The van der Waals surface area contributed by atoms with Gasteiger partial charge in [0.1, 0.15) is 24.6 Å². The van der Waals surface area contributed by atoms with Gasteiger partial charge in [-0.2, -0.15) is 0 Å². The zero-order valence-electron chi connectivity index (χ0n) is 20.9. The highest BCUT2D eigenvalue weighted by molar-refractivity contribution is 6.16. The van der Waals surface area contributed by atoms with E-state index in [1.165, 1.54) is 30.3 Å². The molecule has 5 amide bonds. The third-order valence-corrected chi connectivity index (χ3v) is 6.13. The van der Waals surface area contributed by atoms with Crippen LogP contribution in [0, 0.1) is 12.7 Å². The van der Waals surface area contributed by atoms with Gasteiger partial charge in [0.25, 0.3) is 5.91 Å². The first-order valence-corrected chi connectivity index (χ1v) is 12.1. The molecule has 0 saturated carbocycles. The van der Waals surface area contributed by atoms with Crippen LogP contribution in [0.4, 0.5) is 20.6 Å². The second kappa shape index (κ2) is 10.6. The standard InChI is InChI=1S/C29H24FN5O4/c1-18-5-4-6-22(13-18)32-27(37)17-35-28(38)24(33-29(35)39)14-19-15-34(25-8-3-2-7-23(19)25)16-26(36)31-21-11-9-20(30)10-12-21/h2-15H,16-17H2,1H3,(H,31,36)(H,32,37)(H,33,39)/b24-14+. The van der Waals surface area contributed by atoms with Crippen molar-refractivity contribution in [2.24, 2.45) is 0 Å². The van der Waals surface area contributed by atoms with Gasteiger partial charge in [-0.1, -0.05) is 30.3 Å². The van der Waals surface area contributed by atoms with Crippen LogP contribution in [0.25, 0.3) is 17.0 Å². The third-order valence-electron chi connectivity index (χ3n) is 6.13. The van der Waals surface area contributed by atoms with Gasteiger partial charge in [-0.05, 0) is 61.0 Å². The van der Waals surface area contributed by atoms with Gasteiger partial charge in [-0.3, -0.25) is 14.4 Å². The highest BCUT2D eigenvalue weighted by Gasteiger charge is 2.35. The zero-order chi connectivity index (χ0) is 27.5. The van der Waals surface area contributed by atoms with Gasteiger partial charge in [-0.25, -0.2) is 14.1 Å². The maximum Gasteiger partial charge on any atom is 0.329 e. The van der Waals surface area contributed by atoms with Gasteiger partial charge in [0.2, 0.25) is 11.8 Å². The Hall–Kier alpha value is -5.25. The summed E-state index contributed by atoms with van der Waals surface area (Å²) in [6.45, 7) is 1.41. The van der Waals surface area contributed by atoms with E-state index in [1.54, 1.807) is 29.0 Å². The minimum Gasteiger partial charge on any atom is -0.337 e. The number of imide groups is 1. The van der Waals surface area contributed by atoms with Gasteiger partial charge >= 0.3 is 6.03 Å². The molecule has 1 saturated heterocycles. The number of carbonyl (C=O) groups excluding carboxylic acids is 4. The first-order valence-electron chi connectivity index (χ1n) is 12.1. The fourth-order valence-corrected chi connectivity index (χ4v) is 4.35. The number of hydrogen-bond acceptors (Lipinski definition) is 4. The topological polar surface area (TPSA) is 113 Å². The minimum absolute atomic E-state index is 0.0158. The van der Waals surface area contributed by atoms with E-state index in [1.807, 2.05) is 37.3 Å². The average Bonchev–Trinajstić information content (AvgIpc) is 3.37. The molecule has 3 N–H and O–H groups in total. The molecule has 5 rings (SSSR count). The van der Waals surface area contributed by atoms with Crippen LogP contribution in [0.5, 0.6) is 0 Å². The van der Waals surface area contributed by atoms with E-state index in [0.29, 0.717) is 16.9 Å². The molecule has 1 aliphatic heterocycles. The van der Waals surface area contributed by atoms with E-state index < -0.39 is 30.2 Å². The van der Waals surface area contributed by atoms with Gasteiger partial charge in [-0.15, -0.1) is 0 Å². The van der Waals surface area contributed by atoms with Crippen LogP contribution < -0.4 is 16.0 Å². The van der Waals surface area contributed by atoms with Gasteiger partial charge in [0.15, 0.2) is 0 Å². The van der Waals surface area contributed by atoms with E-state index in [4.69, 9.17) is 0 Å². The number of urea groups is 1. The summed E-state index contributed by atoms with van der Waals surface area (Å²) in [7, 11) is 0. The van der Waals surface area contributed by atoms with Crippen molar-refractivity contribution in [3.63, 3.8) is 0 Å². The number of para-hydroxylation sites is 1. The lowest BCUT2D eigenvalue weighted by atomic mass is 10.1. The number of hydrogen-bond donors (Lipinski definition) is 3. The Bertz CT molecular complexity index is 1640. The fourth-order valence-electron chi connectivity index (χ4n) is 4.35. The van der Waals surface area contributed by atoms with Crippen molar-refractivity contribution in [3.8, 4) is 0 Å². The van der Waals surface area contributed by atoms with Gasteiger partial charge in [0.05, 0.1) is 0 Å². The molecular weight excluding hydrogens is 501 g/mol. The van der Waals surface area contributed by atoms with Gasteiger partial charge < -0.3 is 20.5 Å². The molecule has 0 aliphatic carbocycles. The number of anilines is 2. The molecule has 0 radical (unpaired) electrons. The van der Waals surface area contributed by atoms with Crippen LogP contribution in [-0.4, -0.2) is 39.8 Å². The van der Waals surface area contributed by atoms with Crippen molar-refractivity contribution in [3.05, 3.63) is 102 Å². The predicted octanol–water partition coefficient (Wildman–Crippen LogP) is 4.26. The first kappa shape index (κ1) is 25.4. The van der Waals surface area contributed by atoms with E-state index in [0.717, 1.165) is 21.4 Å². The smallest absolute Gasteiger partial charge is 0.329 e. The number of carbonyl (C=O) groups is 4. The summed E-state index contributed by atoms with van der Waals surface area (Å²) < 4.78 is 14.9. The maximum absolute atomic E-state index is 13.2. The molecule has 4 aromatic rings. The predicted molar refractivity (Wildman–Crippen MR) is 145 cm³/mol. The lowest BCUT2D eigenvalue weighted by molar-refractivity contribution is -0.127. The van der Waals surface area contributed by atoms with Crippen molar-refractivity contribution < 1.29 is 23.6 Å². The molecule has 0 atom stereocenters. The summed E-state index contributed by atoms with van der Waals surface area (Å²) in [6.07, 6.45) is 3.23. The molecule has 1 aliphatic rings. The Balaban J connectivity index is 1.33. The molecule has 0 spiro atoms. The van der Waals surface area contributed by atoms with Gasteiger partial charge in [0, 0.05) is 34.0 Å². The largest absolute Gasteiger partial charge is 0.337 e. The molecule has 39 heavy (non-hydrogen) atoms. The molecule has 10 heteroatoms. The van der Waals surface area contributed by atoms with Crippen molar-refractivity contribution in [2.45, 2.75) is 13.5 Å². The lowest BCUT2D eigenvalue weighted by Gasteiger charge is -2.12. The average molecular weight is 526 g/mol. The molecule has 2 heterocycles. The molecule has 3 aromatic carbocycles. The monoisotopic (exact) mass is 525 g/mol. The summed E-state index contributed by atoms with van der Waals surface area (Å²) in [5, 5.41) is 8.71. The summed E-state index contributed by atoms with van der Waals surface area (Å²) >= 11 is 0. The third kappa shape index (κ3) is 5.69. The molecule has 1 aromatic heterocycles. The van der Waals surface area contributed by atoms with Crippen LogP contribution >= 0.6 is 0 Å². The summed E-state index contributed by atoms with van der Waals surface area (Å²) in [4.78, 5) is 51.5. The fraction of sp³-hybridized carbons (Fsp3) is 0.103. The van der Waals surface area contributed by atoms with Crippen LogP contribution in [0.15, 0.2) is 84.7 Å². The zero-order valence-corrected chi connectivity index (χ0v) is 20.9. The number of aromatic nitrogens is 1. The Morgan fingerprint density at radius 1 is 0.897 bits per heavy atom.